The fourth-order valence-corrected chi connectivity index (χ4v) is 2.98. The molecule has 1 aromatic carbocycles. The molecule has 0 aliphatic rings. The lowest BCUT2D eigenvalue weighted by atomic mass is 10.2. The van der Waals surface area contributed by atoms with Crippen molar-refractivity contribution in [2.24, 2.45) is 0 Å². The minimum Gasteiger partial charge on any atom is -0.221 e. The Balaban J connectivity index is 2.53. The van der Waals surface area contributed by atoms with Crippen LogP contribution in [0.1, 0.15) is 12.5 Å². The summed E-state index contributed by atoms with van der Waals surface area (Å²) in [5.74, 6) is 0.733. The van der Waals surface area contributed by atoms with Gasteiger partial charge in [-0.1, -0.05) is 37.3 Å². The second kappa shape index (κ2) is 5.06. The first-order valence-electron chi connectivity index (χ1n) is 4.99. The summed E-state index contributed by atoms with van der Waals surface area (Å²) in [5, 5.41) is 0. The number of benzene rings is 1. The van der Waals surface area contributed by atoms with E-state index in [0.717, 1.165) is 32.6 Å². The Morgan fingerprint density at radius 3 is 2.06 bits per heavy atom. The summed E-state index contributed by atoms with van der Waals surface area (Å²) in [7, 11) is 0. The number of rotatable bonds is 2. The minimum atomic E-state index is 0.733. The van der Waals surface area contributed by atoms with Crippen LogP contribution < -0.4 is 0 Å². The number of aromatic nitrogens is 2. The highest BCUT2D eigenvalue weighted by Crippen LogP contribution is 2.26. The fourth-order valence-electron chi connectivity index (χ4n) is 1.44. The molecule has 82 valence electrons. The Kier molecular flexibility index (Phi) is 3.71. The SMILES string of the molecule is CCc1c(Br)nc(-c2ccccc2)nc1Br. The van der Waals surface area contributed by atoms with Crippen LogP contribution in [0.2, 0.25) is 0 Å². The van der Waals surface area contributed by atoms with Crippen LogP contribution >= 0.6 is 31.9 Å². The number of hydrogen-bond donors (Lipinski definition) is 0. The molecule has 0 N–H and O–H groups in total. The smallest absolute Gasteiger partial charge is 0.161 e. The molecule has 2 rings (SSSR count). The molecule has 0 saturated carbocycles. The second-order valence-corrected chi connectivity index (χ2v) is 4.83. The van der Waals surface area contributed by atoms with Crippen molar-refractivity contribution in [3.05, 3.63) is 45.1 Å². The molecule has 0 radical (unpaired) electrons. The molecule has 0 aliphatic carbocycles. The lowest BCUT2D eigenvalue weighted by Crippen LogP contribution is -1.96. The summed E-state index contributed by atoms with van der Waals surface area (Å²) in [6, 6.07) is 9.94. The Bertz CT molecular complexity index is 475. The van der Waals surface area contributed by atoms with Crippen LogP contribution in [0.25, 0.3) is 11.4 Å². The summed E-state index contributed by atoms with van der Waals surface area (Å²) in [6.07, 6.45) is 0.899. The van der Waals surface area contributed by atoms with E-state index in [1.165, 1.54) is 0 Å². The highest BCUT2D eigenvalue weighted by Gasteiger charge is 2.09. The summed E-state index contributed by atoms with van der Waals surface area (Å²) >= 11 is 6.95. The molecule has 1 heterocycles. The van der Waals surface area contributed by atoms with Crippen molar-refractivity contribution >= 4 is 31.9 Å². The molecule has 0 unspecified atom stereocenters. The molecule has 0 aliphatic heterocycles. The predicted molar refractivity (Wildman–Crippen MR) is 72.2 cm³/mol. The van der Waals surface area contributed by atoms with E-state index in [0.29, 0.717) is 0 Å². The molecular formula is C12H10Br2N2. The van der Waals surface area contributed by atoms with Crippen molar-refractivity contribution in [2.75, 3.05) is 0 Å². The molecule has 0 fully saturated rings. The summed E-state index contributed by atoms with van der Waals surface area (Å²) < 4.78 is 1.71. The molecule has 4 heteroatoms. The highest BCUT2D eigenvalue weighted by atomic mass is 79.9. The average Bonchev–Trinajstić information content (AvgIpc) is 2.30. The molecule has 0 spiro atoms. The first-order valence-corrected chi connectivity index (χ1v) is 6.58. The zero-order chi connectivity index (χ0) is 11.5. The Morgan fingerprint density at radius 1 is 1.00 bits per heavy atom. The molecule has 0 saturated heterocycles. The third-order valence-electron chi connectivity index (χ3n) is 2.29. The van der Waals surface area contributed by atoms with Crippen molar-refractivity contribution in [1.82, 2.24) is 9.97 Å². The number of halogens is 2. The van der Waals surface area contributed by atoms with Gasteiger partial charge in [-0.15, -0.1) is 0 Å². The normalized spacial score (nSPS) is 10.4. The lowest BCUT2D eigenvalue weighted by Gasteiger charge is -2.06. The molecule has 0 atom stereocenters. The van der Waals surface area contributed by atoms with Gasteiger partial charge >= 0.3 is 0 Å². The first kappa shape index (κ1) is 11.7. The maximum atomic E-state index is 4.45. The first-order chi connectivity index (χ1) is 7.72. The van der Waals surface area contributed by atoms with Gasteiger partial charge in [0.1, 0.15) is 9.21 Å². The van der Waals surface area contributed by atoms with E-state index in [2.05, 4.69) is 48.8 Å². The zero-order valence-electron chi connectivity index (χ0n) is 8.74. The van der Waals surface area contributed by atoms with Crippen molar-refractivity contribution in [2.45, 2.75) is 13.3 Å². The molecule has 0 bridgehead atoms. The van der Waals surface area contributed by atoms with E-state index in [1.54, 1.807) is 0 Å². The molecule has 2 aromatic rings. The van der Waals surface area contributed by atoms with Crippen molar-refractivity contribution in [3.8, 4) is 11.4 Å². The standard InChI is InChI=1S/C12H10Br2N2/c1-2-9-10(13)15-12(16-11(9)14)8-6-4-3-5-7-8/h3-7H,2H2,1H3. The van der Waals surface area contributed by atoms with Gasteiger partial charge < -0.3 is 0 Å². The average molecular weight is 342 g/mol. The van der Waals surface area contributed by atoms with Gasteiger partial charge in [-0.25, -0.2) is 9.97 Å². The van der Waals surface area contributed by atoms with E-state index in [9.17, 15) is 0 Å². The third kappa shape index (κ3) is 2.33. The second-order valence-electron chi connectivity index (χ2n) is 3.33. The van der Waals surface area contributed by atoms with Crippen LogP contribution in [0.5, 0.6) is 0 Å². The van der Waals surface area contributed by atoms with Gasteiger partial charge in [-0.3, -0.25) is 0 Å². The van der Waals surface area contributed by atoms with E-state index in [-0.39, 0.29) is 0 Å². The Hall–Kier alpha value is -0.740. The van der Waals surface area contributed by atoms with Crippen LogP contribution in [0, 0.1) is 0 Å². The van der Waals surface area contributed by atoms with Gasteiger partial charge in [0.05, 0.1) is 0 Å². The summed E-state index contributed by atoms with van der Waals surface area (Å²) in [6.45, 7) is 2.08. The van der Waals surface area contributed by atoms with E-state index in [4.69, 9.17) is 0 Å². The third-order valence-corrected chi connectivity index (χ3v) is 3.60. The molecule has 0 amide bonds. The Morgan fingerprint density at radius 2 is 1.56 bits per heavy atom. The Labute approximate surface area is 111 Å². The van der Waals surface area contributed by atoms with Crippen LogP contribution in [0.3, 0.4) is 0 Å². The van der Waals surface area contributed by atoms with Crippen molar-refractivity contribution < 1.29 is 0 Å². The van der Waals surface area contributed by atoms with Gasteiger partial charge in [0.15, 0.2) is 5.82 Å². The van der Waals surface area contributed by atoms with Crippen LogP contribution in [-0.4, -0.2) is 9.97 Å². The van der Waals surface area contributed by atoms with Gasteiger partial charge in [0.25, 0.3) is 0 Å². The van der Waals surface area contributed by atoms with Gasteiger partial charge in [-0.05, 0) is 38.3 Å². The van der Waals surface area contributed by atoms with Crippen LogP contribution in [0.15, 0.2) is 39.5 Å². The number of hydrogen-bond acceptors (Lipinski definition) is 2. The quantitative estimate of drug-likeness (QED) is 0.764. The topological polar surface area (TPSA) is 25.8 Å². The monoisotopic (exact) mass is 340 g/mol. The zero-order valence-corrected chi connectivity index (χ0v) is 11.9. The van der Waals surface area contributed by atoms with Crippen molar-refractivity contribution in [3.63, 3.8) is 0 Å². The maximum absolute atomic E-state index is 4.45. The summed E-state index contributed by atoms with van der Waals surface area (Å²) in [4.78, 5) is 8.90. The fraction of sp³-hybridized carbons (Fsp3) is 0.167. The van der Waals surface area contributed by atoms with Crippen LogP contribution in [0.4, 0.5) is 0 Å². The van der Waals surface area contributed by atoms with Gasteiger partial charge in [0, 0.05) is 11.1 Å². The molecular weight excluding hydrogens is 332 g/mol. The largest absolute Gasteiger partial charge is 0.221 e. The lowest BCUT2D eigenvalue weighted by molar-refractivity contribution is 1.00. The van der Waals surface area contributed by atoms with Gasteiger partial charge in [0.2, 0.25) is 0 Å². The minimum absolute atomic E-state index is 0.733. The molecule has 2 nitrogen and oxygen atoms in total. The molecule has 1 aromatic heterocycles. The van der Waals surface area contributed by atoms with Crippen LogP contribution in [-0.2, 0) is 6.42 Å². The highest BCUT2D eigenvalue weighted by molar-refractivity contribution is 9.11. The number of nitrogens with zero attached hydrogens (tertiary/aromatic N) is 2. The van der Waals surface area contributed by atoms with E-state index >= 15 is 0 Å². The predicted octanol–water partition coefficient (Wildman–Crippen LogP) is 4.23. The molecule has 16 heavy (non-hydrogen) atoms. The van der Waals surface area contributed by atoms with E-state index < -0.39 is 0 Å². The van der Waals surface area contributed by atoms with E-state index in [1.807, 2.05) is 30.3 Å². The summed E-state index contributed by atoms with van der Waals surface area (Å²) in [5.41, 5.74) is 2.12. The van der Waals surface area contributed by atoms with Crippen molar-refractivity contribution in [1.29, 1.82) is 0 Å². The van der Waals surface area contributed by atoms with Gasteiger partial charge in [-0.2, -0.15) is 0 Å². The maximum Gasteiger partial charge on any atom is 0.161 e.